The lowest BCUT2D eigenvalue weighted by atomic mass is 9.94. The predicted molar refractivity (Wildman–Crippen MR) is 156 cm³/mol. The molecule has 8 nitrogen and oxygen atoms in total. The topological polar surface area (TPSA) is 101 Å². The fourth-order valence-electron chi connectivity index (χ4n) is 5.40. The number of nitrogens with one attached hydrogen (secondary N) is 2. The third-order valence-electron chi connectivity index (χ3n) is 7.48. The van der Waals surface area contributed by atoms with Crippen LogP contribution in [0.3, 0.4) is 0 Å². The van der Waals surface area contributed by atoms with Crippen molar-refractivity contribution in [2.75, 3.05) is 24.3 Å². The number of nitrogens with zero attached hydrogens (tertiary/aromatic N) is 2. The first-order valence-electron chi connectivity index (χ1n) is 13.7. The van der Waals surface area contributed by atoms with E-state index >= 15 is 0 Å². The van der Waals surface area contributed by atoms with Crippen LogP contribution in [0.1, 0.15) is 55.8 Å². The van der Waals surface area contributed by atoms with Gasteiger partial charge in [-0.2, -0.15) is 0 Å². The Bertz CT molecular complexity index is 1580. The van der Waals surface area contributed by atoms with Gasteiger partial charge >= 0.3 is 6.09 Å². The lowest BCUT2D eigenvalue weighted by Crippen LogP contribution is -2.38. The standard InChI is InChI=1S/C31H29ClF2N4O4/c1-42-31(41)36-20-7-8-21-18-11-13-35-25(15-18)26(5-3-2-4-6-27(39)37-24(21)17-20)38-14-12-19(16-28(38)40)29-23(33)10-9-22(32)30(29)34/h7-11,13,15-17,26H,2-6,12,14H2,1H3,(H,36,41)(H,37,39)/t26-/m0/s1. The number of halogens is 3. The first-order valence-corrected chi connectivity index (χ1v) is 14.0. The van der Waals surface area contributed by atoms with E-state index in [4.69, 9.17) is 11.6 Å². The number of pyridine rings is 1. The van der Waals surface area contributed by atoms with Crippen molar-refractivity contribution in [3.05, 3.63) is 82.7 Å². The molecule has 3 amide bonds. The highest BCUT2D eigenvalue weighted by molar-refractivity contribution is 6.31. The molecule has 0 saturated carbocycles. The zero-order valence-corrected chi connectivity index (χ0v) is 23.6. The highest BCUT2D eigenvalue weighted by Crippen LogP contribution is 2.37. The Hall–Kier alpha value is -4.31. The Kier molecular flexibility index (Phi) is 8.82. The third kappa shape index (κ3) is 6.28. The maximum atomic E-state index is 14.7. The van der Waals surface area contributed by atoms with Crippen LogP contribution in [0.2, 0.25) is 5.02 Å². The van der Waals surface area contributed by atoms with Crippen molar-refractivity contribution in [2.45, 2.75) is 44.6 Å². The average molecular weight is 595 g/mol. The highest BCUT2D eigenvalue weighted by atomic mass is 35.5. The first kappa shape index (κ1) is 29.2. The number of fused-ring (bicyclic) bond motifs is 4. The molecule has 0 spiro atoms. The molecule has 218 valence electrons. The molecule has 1 aromatic heterocycles. The molecule has 2 bridgehead atoms. The van der Waals surface area contributed by atoms with Crippen molar-refractivity contribution in [2.24, 2.45) is 0 Å². The lowest BCUT2D eigenvalue weighted by molar-refractivity contribution is -0.129. The number of carbonyl (C=O) groups excluding carboxylic acids is 3. The zero-order valence-electron chi connectivity index (χ0n) is 22.9. The molecular weight excluding hydrogens is 566 g/mol. The molecule has 1 atom stereocenters. The molecule has 0 radical (unpaired) electrons. The second-order valence-electron chi connectivity index (χ2n) is 10.2. The van der Waals surface area contributed by atoms with E-state index in [1.807, 2.05) is 6.07 Å². The summed E-state index contributed by atoms with van der Waals surface area (Å²) in [6.45, 7) is 0.242. The summed E-state index contributed by atoms with van der Waals surface area (Å²) < 4.78 is 33.9. The minimum atomic E-state index is -0.882. The minimum Gasteiger partial charge on any atom is -0.453 e. The van der Waals surface area contributed by atoms with Crippen LogP contribution in [-0.4, -0.2) is 41.4 Å². The fourth-order valence-corrected chi connectivity index (χ4v) is 5.56. The monoisotopic (exact) mass is 594 g/mol. The summed E-state index contributed by atoms with van der Waals surface area (Å²) in [4.78, 5) is 44.3. The van der Waals surface area contributed by atoms with E-state index < -0.39 is 23.8 Å². The molecule has 3 aromatic rings. The molecule has 2 aliphatic rings. The van der Waals surface area contributed by atoms with Crippen LogP contribution in [0.4, 0.5) is 25.0 Å². The number of carbonyl (C=O) groups is 3. The summed E-state index contributed by atoms with van der Waals surface area (Å²) in [5.74, 6) is -2.17. The molecule has 0 saturated heterocycles. The van der Waals surface area contributed by atoms with Gasteiger partial charge in [-0.3, -0.25) is 19.9 Å². The molecule has 11 heteroatoms. The maximum absolute atomic E-state index is 14.7. The van der Waals surface area contributed by atoms with Gasteiger partial charge in [0.15, 0.2) is 5.82 Å². The van der Waals surface area contributed by atoms with Gasteiger partial charge in [0, 0.05) is 36.5 Å². The van der Waals surface area contributed by atoms with Crippen molar-refractivity contribution in [3.63, 3.8) is 0 Å². The maximum Gasteiger partial charge on any atom is 0.411 e. The number of hydrogen-bond acceptors (Lipinski definition) is 5. The quantitative estimate of drug-likeness (QED) is 0.315. The Morgan fingerprint density at radius 1 is 1.10 bits per heavy atom. The number of methoxy groups -OCH3 is 1. The van der Waals surface area contributed by atoms with Crippen LogP contribution < -0.4 is 10.6 Å². The molecule has 42 heavy (non-hydrogen) atoms. The summed E-state index contributed by atoms with van der Waals surface area (Å²) >= 11 is 5.89. The summed E-state index contributed by atoms with van der Waals surface area (Å²) in [7, 11) is 1.26. The highest BCUT2D eigenvalue weighted by Gasteiger charge is 2.31. The van der Waals surface area contributed by atoms with Gasteiger partial charge in [0.25, 0.3) is 0 Å². The SMILES string of the molecule is COC(=O)Nc1ccc2c(c1)NC(=O)CCCCC[C@H](N1CCC(c3c(F)ccc(Cl)c3F)=CC1=O)c1cc-2ccn1. The van der Waals surface area contributed by atoms with E-state index in [9.17, 15) is 23.2 Å². The number of benzene rings is 2. The summed E-state index contributed by atoms with van der Waals surface area (Å²) in [5.41, 5.74) is 3.06. The van der Waals surface area contributed by atoms with Gasteiger partial charge in [0.05, 0.1) is 35.1 Å². The van der Waals surface area contributed by atoms with Gasteiger partial charge in [-0.05, 0) is 66.8 Å². The number of anilines is 2. The van der Waals surface area contributed by atoms with Gasteiger partial charge in [-0.1, -0.05) is 30.5 Å². The number of rotatable bonds is 3. The van der Waals surface area contributed by atoms with E-state index in [1.54, 1.807) is 35.4 Å². The number of ether oxygens (including phenoxy) is 1. The number of hydrogen-bond donors (Lipinski definition) is 2. The summed E-state index contributed by atoms with van der Waals surface area (Å²) in [6.07, 6.45) is 5.57. The van der Waals surface area contributed by atoms with Crippen LogP contribution in [0.15, 0.2) is 54.7 Å². The molecule has 2 aromatic carbocycles. The van der Waals surface area contributed by atoms with Crippen molar-refractivity contribution in [1.82, 2.24) is 9.88 Å². The van der Waals surface area contributed by atoms with Gasteiger partial charge in [0.1, 0.15) is 5.82 Å². The van der Waals surface area contributed by atoms with Gasteiger partial charge < -0.3 is 15.0 Å². The Morgan fingerprint density at radius 2 is 1.93 bits per heavy atom. The van der Waals surface area contributed by atoms with E-state index in [0.717, 1.165) is 30.5 Å². The zero-order chi connectivity index (χ0) is 29.8. The Morgan fingerprint density at radius 3 is 2.71 bits per heavy atom. The molecule has 0 fully saturated rings. The molecule has 3 heterocycles. The average Bonchev–Trinajstić information content (AvgIpc) is 2.98. The molecule has 0 aliphatic carbocycles. The van der Waals surface area contributed by atoms with Crippen LogP contribution in [0, 0.1) is 11.6 Å². The van der Waals surface area contributed by atoms with E-state index in [2.05, 4.69) is 20.4 Å². The Balaban J connectivity index is 1.50. The second kappa shape index (κ2) is 12.7. The van der Waals surface area contributed by atoms with Gasteiger partial charge in [-0.25, -0.2) is 13.6 Å². The molecule has 5 rings (SSSR count). The van der Waals surface area contributed by atoms with E-state index in [1.165, 1.54) is 13.2 Å². The minimum absolute atomic E-state index is 0.152. The van der Waals surface area contributed by atoms with Crippen LogP contribution >= 0.6 is 11.6 Å². The molecular formula is C31H29ClF2N4O4. The predicted octanol–water partition coefficient (Wildman–Crippen LogP) is 7.12. The van der Waals surface area contributed by atoms with Crippen molar-refractivity contribution in [1.29, 1.82) is 0 Å². The third-order valence-corrected chi connectivity index (χ3v) is 7.78. The van der Waals surface area contributed by atoms with Crippen LogP contribution in [0.5, 0.6) is 0 Å². The molecule has 2 aliphatic heterocycles. The van der Waals surface area contributed by atoms with Gasteiger partial charge in [0.2, 0.25) is 11.8 Å². The normalized spacial score (nSPS) is 17.6. The fraction of sp³-hybridized carbons (Fsp3) is 0.290. The largest absolute Gasteiger partial charge is 0.453 e. The van der Waals surface area contributed by atoms with Gasteiger partial charge in [-0.15, -0.1) is 0 Å². The summed E-state index contributed by atoms with van der Waals surface area (Å²) in [6, 6.07) is 10.7. The Labute approximate surface area is 246 Å². The van der Waals surface area contributed by atoms with Crippen molar-refractivity contribution >= 4 is 46.5 Å². The lowest BCUT2D eigenvalue weighted by Gasteiger charge is -2.34. The van der Waals surface area contributed by atoms with E-state index in [-0.39, 0.29) is 40.9 Å². The van der Waals surface area contributed by atoms with Crippen molar-refractivity contribution < 1.29 is 27.9 Å². The van der Waals surface area contributed by atoms with Crippen molar-refractivity contribution in [3.8, 4) is 11.1 Å². The second-order valence-corrected chi connectivity index (χ2v) is 10.6. The number of aromatic nitrogens is 1. The molecule has 2 N–H and O–H groups in total. The smallest absolute Gasteiger partial charge is 0.411 e. The summed E-state index contributed by atoms with van der Waals surface area (Å²) in [5, 5.41) is 5.36. The number of amides is 3. The van der Waals surface area contributed by atoms with Crippen LogP contribution in [-0.2, 0) is 14.3 Å². The molecule has 0 unspecified atom stereocenters. The first-order chi connectivity index (χ1) is 20.2. The van der Waals surface area contributed by atoms with Crippen LogP contribution in [0.25, 0.3) is 16.7 Å². The van der Waals surface area contributed by atoms with E-state index in [0.29, 0.717) is 41.9 Å².